The van der Waals surface area contributed by atoms with Gasteiger partial charge in [-0.1, -0.05) is 17.7 Å². The number of piperidine rings is 1. The molecular weight excluding hydrogens is 404 g/mol. The van der Waals surface area contributed by atoms with E-state index in [9.17, 15) is 9.59 Å². The SMILES string of the molecule is COc1ccc2c(c1)OC1(CCN(C(=O)c3cc4ccc(Cl)cc4[nH]3)CC1)CC2=O. The molecule has 1 N–H and O–H groups in total. The topological polar surface area (TPSA) is 71.6 Å². The van der Waals surface area contributed by atoms with E-state index >= 15 is 0 Å². The van der Waals surface area contributed by atoms with Crippen molar-refractivity contribution in [1.29, 1.82) is 0 Å². The van der Waals surface area contributed by atoms with E-state index in [0.29, 0.717) is 60.1 Å². The number of ether oxygens (including phenoxy) is 2. The number of aromatic amines is 1. The lowest BCUT2D eigenvalue weighted by Gasteiger charge is -2.43. The van der Waals surface area contributed by atoms with Crippen LogP contribution in [-0.4, -0.2) is 47.4 Å². The number of hydrogen-bond acceptors (Lipinski definition) is 4. The van der Waals surface area contributed by atoms with Crippen molar-refractivity contribution in [2.45, 2.75) is 24.9 Å². The first-order valence-electron chi connectivity index (χ1n) is 9.94. The number of rotatable bonds is 2. The van der Waals surface area contributed by atoms with Gasteiger partial charge in [0.2, 0.25) is 0 Å². The number of halogens is 1. The summed E-state index contributed by atoms with van der Waals surface area (Å²) in [6.45, 7) is 1.06. The standard InChI is InChI=1S/C23H21ClN2O4/c1-29-16-4-5-17-20(27)13-23(30-21(17)12-16)6-8-26(9-7-23)22(28)19-10-14-2-3-15(24)11-18(14)25-19/h2-5,10-12,25H,6-9,13H2,1H3. The van der Waals surface area contributed by atoms with Crippen LogP contribution in [0.4, 0.5) is 0 Å². The highest BCUT2D eigenvalue weighted by molar-refractivity contribution is 6.31. The largest absolute Gasteiger partial charge is 0.497 e. The van der Waals surface area contributed by atoms with Crippen LogP contribution >= 0.6 is 11.6 Å². The number of aromatic nitrogens is 1. The van der Waals surface area contributed by atoms with Gasteiger partial charge in [0.25, 0.3) is 5.91 Å². The van der Waals surface area contributed by atoms with Crippen LogP contribution < -0.4 is 9.47 Å². The molecular formula is C23H21ClN2O4. The molecule has 3 heterocycles. The monoisotopic (exact) mass is 424 g/mol. The van der Waals surface area contributed by atoms with Gasteiger partial charge in [-0.25, -0.2) is 0 Å². The highest BCUT2D eigenvalue weighted by Gasteiger charge is 2.44. The molecule has 0 radical (unpaired) electrons. The first-order chi connectivity index (χ1) is 14.5. The smallest absolute Gasteiger partial charge is 0.270 e. The predicted molar refractivity (Wildman–Crippen MR) is 114 cm³/mol. The average molecular weight is 425 g/mol. The van der Waals surface area contributed by atoms with E-state index in [-0.39, 0.29) is 11.7 Å². The van der Waals surface area contributed by atoms with Crippen LogP contribution in [0, 0.1) is 0 Å². The summed E-state index contributed by atoms with van der Waals surface area (Å²) in [6.07, 6.45) is 1.54. The molecule has 1 aromatic heterocycles. The van der Waals surface area contributed by atoms with Crippen LogP contribution in [0.2, 0.25) is 5.02 Å². The van der Waals surface area contributed by atoms with Crippen molar-refractivity contribution in [3.63, 3.8) is 0 Å². The molecule has 0 unspecified atom stereocenters. The Hall–Kier alpha value is -2.99. The van der Waals surface area contributed by atoms with Gasteiger partial charge in [0.1, 0.15) is 22.8 Å². The van der Waals surface area contributed by atoms with E-state index in [0.717, 1.165) is 10.9 Å². The number of nitrogens with zero attached hydrogens (tertiary/aromatic N) is 1. The fourth-order valence-electron chi connectivity index (χ4n) is 4.38. The number of hydrogen-bond donors (Lipinski definition) is 1. The highest BCUT2D eigenvalue weighted by Crippen LogP contribution is 2.41. The quantitative estimate of drug-likeness (QED) is 0.658. The van der Waals surface area contributed by atoms with Gasteiger partial charge in [0, 0.05) is 47.9 Å². The number of benzene rings is 2. The normalized spacial score (nSPS) is 17.7. The molecule has 7 heteroatoms. The van der Waals surface area contributed by atoms with Crippen LogP contribution in [-0.2, 0) is 0 Å². The number of likely N-dealkylation sites (tertiary alicyclic amines) is 1. The minimum Gasteiger partial charge on any atom is -0.497 e. The Bertz CT molecular complexity index is 1160. The van der Waals surface area contributed by atoms with Gasteiger partial charge in [0.15, 0.2) is 5.78 Å². The van der Waals surface area contributed by atoms with E-state index < -0.39 is 5.60 Å². The minimum absolute atomic E-state index is 0.0543. The molecule has 30 heavy (non-hydrogen) atoms. The Labute approximate surface area is 178 Å². The second kappa shape index (κ2) is 7.06. The fraction of sp³-hybridized carbons (Fsp3) is 0.304. The summed E-state index contributed by atoms with van der Waals surface area (Å²) in [5, 5.41) is 1.57. The molecule has 3 aromatic rings. The molecule has 154 valence electrons. The third-order valence-electron chi connectivity index (χ3n) is 6.08. The third kappa shape index (κ3) is 3.21. The van der Waals surface area contributed by atoms with E-state index in [2.05, 4.69) is 4.98 Å². The molecule has 1 fully saturated rings. The van der Waals surface area contributed by atoms with Gasteiger partial charge < -0.3 is 19.4 Å². The summed E-state index contributed by atoms with van der Waals surface area (Å²) in [5.41, 5.74) is 1.41. The lowest BCUT2D eigenvalue weighted by Crippen LogP contribution is -2.52. The van der Waals surface area contributed by atoms with Crippen LogP contribution in [0.3, 0.4) is 0 Å². The Morgan fingerprint density at radius 3 is 2.73 bits per heavy atom. The van der Waals surface area contributed by atoms with Crippen molar-refractivity contribution >= 4 is 34.2 Å². The minimum atomic E-state index is -0.568. The van der Waals surface area contributed by atoms with Crippen molar-refractivity contribution < 1.29 is 19.1 Å². The van der Waals surface area contributed by atoms with Crippen molar-refractivity contribution in [3.8, 4) is 11.5 Å². The highest BCUT2D eigenvalue weighted by atomic mass is 35.5. The van der Waals surface area contributed by atoms with Gasteiger partial charge >= 0.3 is 0 Å². The van der Waals surface area contributed by atoms with Crippen molar-refractivity contribution in [2.75, 3.05) is 20.2 Å². The van der Waals surface area contributed by atoms with Gasteiger partial charge in [0.05, 0.1) is 19.1 Å². The lowest BCUT2D eigenvalue weighted by atomic mass is 9.82. The molecule has 2 aliphatic rings. The molecule has 6 nitrogen and oxygen atoms in total. The van der Waals surface area contributed by atoms with Gasteiger partial charge in [-0.2, -0.15) is 0 Å². The van der Waals surface area contributed by atoms with E-state index in [1.54, 1.807) is 31.4 Å². The summed E-state index contributed by atoms with van der Waals surface area (Å²) in [5.74, 6) is 1.25. The Kier molecular flexibility index (Phi) is 4.47. The zero-order valence-electron chi connectivity index (χ0n) is 16.5. The zero-order valence-corrected chi connectivity index (χ0v) is 17.3. The molecule has 1 amide bonds. The first kappa shape index (κ1) is 19.0. The molecule has 5 rings (SSSR count). The number of carbonyl (C=O) groups is 2. The molecule has 0 aliphatic carbocycles. The summed E-state index contributed by atoms with van der Waals surface area (Å²) in [4.78, 5) is 30.7. The van der Waals surface area contributed by atoms with Crippen LogP contribution in [0.1, 0.15) is 40.1 Å². The second-order valence-corrected chi connectivity index (χ2v) is 8.39. The van der Waals surface area contributed by atoms with Crippen LogP contribution in [0.25, 0.3) is 10.9 Å². The van der Waals surface area contributed by atoms with E-state index in [1.165, 1.54) is 0 Å². The van der Waals surface area contributed by atoms with Crippen LogP contribution in [0.5, 0.6) is 11.5 Å². The molecule has 2 aromatic carbocycles. The van der Waals surface area contributed by atoms with Gasteiger partial charge in [-0.3, -0.25) is 9.59 Å². The number of carbonyl (C=O) groups excluding carboxylic acids is 2. The summed E-state index contributed by atoms with van der Waals surface area (Å²) >= 11 is 6.04. The maximum Gasteiger partial charge on any atom is 0.270 e. The number of ketones is 1. The average Bonchev–Trinajstić information content (AvgIpc) is 3.16. The number of H-pyrrole nitrogens is 1. The molecule has 0 saturated carbocycles. The number of Topliss-reactive ketones (excluding diaryl/α,β-unsaturated/α-hetero) is 1. The van der Waals surface area contributed by atoms with Gasteiger partial charge in [-0.05, 0) is 30.3 Å². The summed E-state index contributed by atoms with van der Waals surface area (Å²) < 4.78 is 11.6. The first-order valence-corrected chi connectivity index (χ1v) is 10.3. The molecule has 1 spiro atoms. The predicted octanol–water partition coefficient (Wildman–Crippen LogP) is 4.47. The Morgan fingerprint density at radius 1 is 1.17 bits per heavy atom. The second-order valence-electron chi connectivity index (χ2n) is 7.95. The summed E-state index contributed by atoms with van der Waals surface area (Å²) in [7, 11) is 1.59. The number of fused-ring (bicyclic) bond motifs is 2. The fourth-order valence-corrected chi connectivity index (χ4v) is 4.55. The van der Waals surface area contributed by atoms with Gasteiger partial charge in [-0.15, -0.1) is 0 Å². The number of amides is 1. The van der Waals surface area contributed by atoms with Crippen molar-refractivity contribution in [2.24, 2.45) is 0 Å². The van der Waals surface area contributed by atoms with Crippen molar-refractivity contribution in [3.05, 3.63) is 58.7 Å². The van der Waals surface area contributed by atoms with E-state index in [1.807, 2.05) is 23.1 Å². The third-order valence-corrected chi connectivity index (χ3v) is 6.31. The molecule has 2 aliphatic heterocycles. The maximum atomic E-state index is 13.0. The Balaban J connectivity index is 1.33. The van der Waals surface area contributed by atoms with Crippen molar-refractivity contribution in [1.82, 2.24) is 9.88 Å². The Morgan fingerprint density at radius 2 is 1.97 bits per heavy atom. The molecule has 0 atom stereocenters. The lowest BCUT2D eigenvalue weighted by molar-refractivity contribution is -0.00593. The zero-order chi connectivity index (χ0) is 20.9. The van der Waals surface area contributed by atoms with E-state index in [4.69, 9.17) is 21.1 Å². The maximum absolute atomic E-state index is 13.0. The molecule has 0 bridgehead atoms. The number of methoxy groups -OCH3 is 1. The summed E-state index contributed by atoms with van der Waals surface area (Å²) in [6, 6.07) is 12.6. The van der Waals surface area contributed by atoms with Crippen LogP contribution in [0.15, 0.2) is 42.5 Å². The molecule has 1 saturated heterocycles. The number of nitrogens with one attached hydrogen (secondary N) is 1.